The fourth-order valence-corrected chi connectivity index (χ4v) is 4.14. The first kappa shape index (κ1) is 17.1. The van der Waals surface area contributed by atoms with Gasteiger partial charge in [-0.15, -0.1) is 0 Å². The van der Waals surface area contributed by atoms with Gasteiger partial charge in [0.05, 0.1) is 6.20 Å². The molecule has 0 spiro atoms. The molecule has 4 aromatic heterocycles. The molecule has 0 bridgehead atoms. The van der Waals surface area contributed by atoms with Gasteiger partial charge in [0.2, 0.25) is 0 Å². The third-order valence-electron chi connectivity index (χ3n) is 4.90. The Kier molecular flexibility index (Phi) is 4.18. The smallest absolute Gasteiger partial charge is 0.271 e. The summed E-state index contributed by atoms with van der Waals surface area (Å²) in [4.78, 5) is 22.2. The van der Waals surface area contributed by atoms with Gasteiger partial charge in [0.25, 0.3) is 5.91 Å². The summed E-state index contributed by atoms with van der Waals surface area (Å²) in [7, 11) is 0. The molecule has 0 atom stereocenters. The second-order valence-electron chi connectivity index (χ2n) is 6.82. The van der Waals surface area contributed by atoms with Gasteiger partial charge in [0, 0.05) is 48.2 Å². The maximum atomic E-state index is 12.8. The Hall–Kier alpha value is -3.04. The summed E-state index contributed by atoms with van der Waals surface area (Å²) < 4.78 is 11.6. The van der Waals surface area contributed by atoms with Crippen LogP contribution in [0.2, 0.25) is 0 Å². The molecule has 3 N–H and O–H groups in total. The third-order valence-corrected chi connectivity index (χ3v) is 5.68. The Morgan fingerprint density at radius 1 is 1.25 bits per heavy atom. The van der Waals surface area contributed by atoms with Crippen LogP contribution in [0.5, 0.6) is 0 Å². The Morgan fingerprint density at radius 3 is 2.96 bits per heavy atom. The number of nitrogens with zero attached hydrogens (tertiary/aromatic N) is 4. The lowest BCUT2D eigenvalue weighted by Crippen LogP contribution is -2.39. The van der Waals surface area contributed by atoms with Crippen LogP contribution < -0.4 is 11.1 Å². The second-order valence-corrected chi connectivity index (χ2v) is 7.57. The molecule has 8 nitrogen and oxygen atoms in total. The lowest BCUT2D eigenvalue weighted by atomic mass is 10.1. The van der Waals surface area contributed by atoms with Crippen molar-refractivity contribution in [3.8, 4) is 11.1 Å². The first-order valence-electron chi connectivity index (χ1n) is 9.06. The topological polar surface area (TPSA) is 107 Å². The molecule has 5 heterocycles. The van der Waals surface area contributed by atoms with E-state index in [1.165, 1.54) is 11.5 Å². The number of amides is 1. The molecule has 142 valence electrons. The monoisotopic (exact) mass is 394 g/mol. The number of carbonyl (C=O) groups is 1. The summed E-state index contributed by atoms with van der Waals surface area (Å²) in [6.45, 7) is 1.35. The van der Waals surface area contributed by atoms with Crippen molar-refractivity contribution >= 4 is 39.1 Å². The molecule has 0 radical (unpaired) electrons. The number of anilines is 1. The molecule has 1 aliphatic rings. The van der Waals surface area contributed by atoms with Crippen LogP contribution in [0.25, 0.3) is 27.0 Å². The molecule has 1 saturated heterocycles. The van der Waals surface area contributed by atoms with Crippen molar-refractivity contribution in [2.45, 2.75) is 18.9 Å². The molecular weight excluding hydrogens is 376 g/mol. The van der Waals surface area contributed by atoms with Gasteiger partial charge >= 0.3 is 0 Å². The summed E-state index contributed by atoms with van der Waals surface area (Å²) >= 11 is 1.24. The minimum atomic E-state index is -0.157. The van der Waals surface area contributed by atoms with Gasteiger partial charge in [0.1, 0.15) is 16.3 Å². The molecule has 4 aromatic rings. The van der Waals surface area contributed by atoms with Crippen molar-refractivity contribution in [3.63, 3.8) is 0 Å². The molecular formula is C19H18N6O2S. The van der Waals surface area contributed by atoms with Crippen molar-refractivity contribution in [1.29, 1.82) is 0 Å². The lowest BCUT2D eigenvalue weighted by molar-refractivity contribution is 0.0695. The lowest BCUT2D eigenvalue weighted by Gasteiger charge is -2.22. The molecule has 1 fully saturated rings. The van der Waals surface area contributed by atoms with Gasteiger partial charge in [-0.3, -0.25) is 4.79 Å². The molecule has 0 aromatic carbocycles. The Balaban J connectivity index is 1.49. The van der Waals surface area contributed by atoms with Gasteiger partial charge < -0.3 is 20.2 Å². The van der Waals surface area contributed by atoms with E-state index in [2.05, 4.69) is 19.7 Å². The number of hydrogen-bond acceptors (Lipinski definition) is 7. The molecule has 0 aliphatic carbocycles. The Morgan fingerprint density at radius 2 is 2.11 bits per heavy atom. The summed E-state index contributed by atoms with van der Waals surface area (Å²) in [6.07, 6.45) is 7.16. The zero-order chi connectivity index (χ0) is 19.1. The van der Waals surface area contributed by atoms with E-state index >= 15 is 0 Å². The highest BCUT2D eigenvalue weighted by atomic mass is 32.1. The number of fused-ring (bicyclic) bond motifs is 2. The number of imidazole rings is 1. The highest BCUT2D eigenvalue weighted by Gasteiger charge is 2.21. The zero-order valence-electron chi connectivity index (χ0n) is 15.0. The van der Waals surface area contributed by atoms with Gasteiger partial charge in [-0.25, -0.2) is 9.97 Å². The number of rotatable bonds is 3. The van der Waals surface area contributed by atoms with E-state index in [1.807, 2.05) is 28.8 Å². The number of carbonyl (C=O) groups excluding carboxylic acids is 1. The highest BCUT2D eigenvalue weighted by molar-refractivity contribution is 7.13. The van der Waals surface area contributed by atoms with Crippen LogP contribution in [-0.2, 0) is 4.74 Å². The molecule has 28 heavy (non-hydrogen) atoms. The van der Waals surface area contributed by atoms with Gasteiger partial charge in [0.15, 0.2) is 5.69 Å². The normalized spacial score (nSPS) is 15.3. The van der Waals surface area contributed by atoms with E-state index in [1.54, 1.807) is 12.4 Å². The van der Waals surface area contributed by atoms with Crippen LogP contribution in [0, 0.1) is 0 Å². The van der Waals surface area contributed by atoms with Crippen LogP contribution in [0.4, 0.5) is 5.82 Å². The Bertz CT molecular complexity index is 1180. The summed E-state index contributed by atoms with van der Waals surface area (Å²) in [5.74, 6) is 0.315. The van der Waals surface area contributed by atoms with Crippen LogP contribution in [0.3, 0.4) is 0 Å². The predicted molar refractivity (Wildman–Crippen MR) is 107 cm³/mol. The number of ether oxygens (including phenoxy) is 1. The Labute approximate surface area is 164 Å². The van der Waals surface area contributed by atoms with E-state index in [9.17, 15) is 4.79 Å². The standard InChI is InChI=1S/C19H18N6O2S/c20-15-10-25-9-11(1-2-16(25)23-15)12-7-14-17(24-28-19(14)21-8-12)18(26)22-13-3-5-27-6-4-13/h1-2,7-10,13H,3-6,20H2,(H,22,26). The molecule has 0 saturated carbocycles. The number of nitrogen functional groups attached to an aromatic ring is 1. The fraction of sp³-hybridized carbons (Fsp3) is 0.263. The van der Waals surface area contributed by atoms with Crippen molar-refractivity contribution in [3.05, 3.63) is 42.5 Å². The van der Waals surface area contributed by atoms with Crippen LogP contribution in [-0.4, -0.2) is 43.9 Å². The fourth-order valence-electron chi connectivity index (χ4n) is 3.43. The maximum Gasteiger partial charge on any atom is 0.271 e. The van der Waals surface area contributed by atoms with Crippen LogP contribution >= 0.6 is 11.5 Å². The van der Waals surface area contributed by atoms with E-state index in [0.717, 1.165) is 39.8 Å². The third kappa shape index (κ3) is 3.08. The summed E-state index contributed by atoms with van der Waals surface area (Å²) in [5.41, 5.74) is 8.84. The average molecular weight is 394 g/mol. The first-order valence-corrected chi connectivity index (χ1v) is 9.83. The van der Waals surface area contributed by atoms with E-state index in [4.69, 9.17) is 10.5 Å². The quantitative estimate of drug-likeness (QED) is 0.553. The molecule has 1 amide bonds. The molecule has 0 unspecified atom stereocenters. The number of aromatic nitrogens is 4. The number of nitrogens with one attached hydrogen (secondary N) is 1. The van der Waals surface area contributed by atoms with Crippen molar-refractivity contribution < 1.29 is 9.53 Å². The van der Waals surface area contributed by atoms with Crippen LogP contribution in [0.15, 0.2) is 36.8 Å². The minimum Gasteiger partial charge on any atom is -0.382 e. The van der Waals surface area contributed by atoms with E-state index in [-0.39, 0.29) is 11.9 Å². The van der Waals surface area contributed by atoms with Crippen molar-refractivity contribution in [2.75, 3.05) is 18.9 Å². The van der Waals surface area contributed by atoms with Crippen molar-refractivity contribution in [2.24, 2.45) is 0 Å². The number of nitrogens with two attached hydrogens (primary N) is 1. The molecule has 9 heteroatoms. The predicted octanol–water partition coefficient (Wildman–Crippen LogP) is 2.50. The highest BCUT2D eigenvalue weighted by Crippen LogP contribution is 2.27. The number of pyridine rings is 2. The van der Waals surface area contributed by atoms with Gasteiger partial charge in [-0.05, 0) is 42.6 Å². The van der Waals surface area contributed by atoms with Crippen molar-refractivity contribution in [1.82, 2.24) is 24.1 Å². The van der Waals surface area contributed by atoms with Crippen LogP contribution in [0.1, 0.15) is 23.3 Å². The molecule has 1 aliphatic heterocycles. The molecule has 5 rings (SSSR count). The maximum absolute atomic E-state index is 12.8. The van der Waals surface area contributed by atoms with E-state index < -0.39 is 0 Å². The zero-order valence-corrected chi connectivity index (χ0v) is 15.8. The SMILES string of the molecule is Nc1cn2cc(-c3cnc4snc(C(=O)NC5CCOCC5)c4c3)ccc2n1. The second kappa shape index (κ2) is 6.84. The van der Waals surface area contributed by atoms with Gasteiger partial charge in [-0.2, -0.15) is 4.37 Å². The summed E-state index contributed by atoms with van der Waals surface area (Å²) in [5, 5.41) is 3.83. The van der Waals surface area contributed by atoms with E-state index in [0.29, 0.717) is 24.7 Å². The first-order chi connectivity index (χ1) is 13.7. The minimum absolute atomic E-state index is 0.128. The van der Waals surface area contributed by atoms with Gasteiger partial charge in [-0.1, -0.05) is 0 Å². The average Bonchev–Trinajstić information content (AvgIpc) is 3.29. The number of hydrogen-bond donors (Lipinski definition) is 2. The largest absolute Gasteiger partial charge is 0.382 e. The summed E-state index contributed by atoms with van der Waals surface area (Å²) in [6, 6.07) is 5.96.